The third-order valence-corrected chi connectivity index (χ3v) is 14.5. The van der Waals surface area contributed by atoms with Crippen LogP contribution in [-0.2, 0) is 0 Å². The van der Waals surface area contributed by atoms with Gasteiger partial charge in [-0.05, 0) is 212 Å². The highest BCUT2D eigenvalue weighted by molar-refractivity contribution is 6.17. The lowest BCUT2D eigenvalue weighted by Crippen LogP contribution is -3.00. The van der Waals surface area contributed by atoms with Gasteiger partial charge in [0.2, 0.25) is 5.71 Å². The fourth-order valence-corrected chi connectivity index (χ4v) is 10.3. The second-order valence-electron chi connectivity index (χ2n) is 18.8. The molecule has 7 aromatic rings. The third-order valence-electron chi connectivity index (χ3n) is 14.5. The van der Waals surface area contributed by atoms with Crippen molar-refractivity contribution in [3.05, 3.63) is 208 Å². The third kappa shape index (κ3) is 14.4. The largest absolute Gasteiger partial charge is 1.00 e. The van der Waals surface area contributed by atoms with Crippen molar-refractivity contribution in [2.24, 2.45) is 0 Å². The van der Waals surface area contributed by atoms with Gasteiger partial charge in [-0.2, -0.15) is 0 Å². The van der Waals surface area contributed by atoms with Crippen molar-refractivity contribution in [1.29, 1.82) is 0 Å². The fourth-order valence-electron chi connectivity index (χ4n) is 10.3. The summed E-state index contributed by atoms with van der Waals surface area (Å²) >= 11 is 0. The van der Waals surface area contributed by atoms with E-state index < -0.39 is 0 Å². The first-order valence-electron chi connectivity index (χ1n) is 27.8. The van der Waals surface area contributed by atoms with Crippen LogP contribution in [0.1, 0.15) is 119 Å². The number of hydrogen-bond donors (Lipinski definition) is 2. The standard InChI is InChI=1S/C34H41N3.C22H30N2O.C12H13N.ClH/c1-7-35-33-23-22-32(30-14-12-13-15-31(30)33)34(26-16-18-27(19-17-26)36(8-2)9-3)29-21-20-28(24-25(29)6)37(10-4)11-5;1-6-23(7-2)19-12-10-18(11-13-19)22(25)21-15-14-20(16-17(21)5)24(8-3)9-4;1-2-13-12-9-5-7-10-6-3-4-8-11(10)12;/h12-24H,7-11H2,1-6H3;10-16H,6-9H2,1-5H3;3-9,13H,2H2,1H3;1H. The molecule has 0 saturated heterocycles. The number of fused-ring (bicyclic) bond motifs is 2. The Morgan fingerprint density at radius 1 is 0.461 bits per heavy atom. The molecule has 76 heavy (non-hydrogen) atoms. The molecule has 0 radical (unpaired) electrons. The summed E-state index contributed by atoms with van der Waals surface area (Å²) in [4.78, 5) is 25.8. The molecule has 0 amide bonds. The maximum absolute atomic E-state index is 12.9. The fraction of sp³-hybridized carbons (Fsp3) is 0.324. The minimum absolute atomic E-state index is 0. The van der Waals surface area contributed by atoms with Gasteiger partial charge < -0.3 is 37.3 Å². The maximum atomic E-state index is 12.9. The Morgan fingerprint density at radius 3 is 1.41 bits per heavy atom. The molecule has 1 aliphatic rings. The molecule has 0 fully saturated rings. The second kappa shape index (κ2) is 29.9. The van der Waals surface area contributed by atoms with Gasteiger partial charge in [-0.15, -0.1) is 0 Å². The van der Waals surface area contributed by atoms with Gasteiger partial charge in [-0.25, -0.2) is 4.99 Å². The Morgan fingerprint density at radius 2 is 0.908 bits per heavy atom. The van der Waals surface area contributed by atoms with Gasteiger partial charge >= 0.3 is 0 Å². The van der Waals surface area contributed by atoms with E-state index in [2.05, 4.69) is 240 Å². The molecule has 0 spiro atoms. The first-order valence-corrected chi connectivity index (χ1v) is 27.8. The number of carbonyl (C=O) groups excluding carboxylic acids is 1. The normalized spacial score (nSPS) is 12.6. The summed E-state index contributed by atoms with van der Waals surface area (Å²) < 4.78 is 0. The number of carbonyl (C=O) groups is 1. The summed E-state index contributed by atoms with van der Waals surface area (Å²) in [5, 5.41) is 5.94. The van der Waals surface area contributed by atoms with Crippen molar-refractivity contribution >= 4 is 61.9 Å². The Hall–Kier alpha value is -7.09. The monoisotopic (exact) mass is 1040 g/mol. The van der Waals surface area contributed by atoms with Gasteiger partial charge in [0.05, 0.1) is 5.56 Å². The van der Waals surface area contributed by atoms with Crippen LogP contribution in [0.15, 0.2) is 164 Å². The van der Waals surface area contributed by atoms with Crippen LogP contribution in [0.5, 0.6) is 0 Å². The zero-order valence-electron chi connectivity index (χ0n) is 47.7. The quantitative estimate of drug-likeness (QED) is 0.0788. The first kappa shape index (κ1) is 59.8. The van der Waals surface area contributed by atoms with Crippen molar-refractivity contribution in [2.75, 3.05) is 90.4 Å². The number of nitrogens with one attached hydrogen (secondary N) is 2. The summed E-state index contributed by atoms with van der Waals surface area (Å²) in [5.41, 5.74) is 18.8. The van der Waals surface area contributed by atoms with E-state index in [1.807, 2.05) is 37.3 Å². The van der Waals surface area contributed by atoms with Crippen molar-refractivity contribution in [3.63, 3.8) is 0 Å². The molecule has 0 unspecified atom stereocenters. The molecule has 0 saturated carbocycles. The second-order valence-corrected chi connectivity index (χ2v) is 18.8. The van der Waals surface area contributed by atoms with E-state index in [1.165, 1.54) is 78.2 Å². The van der Waals surface area contributed by atoms with E-state index in [4.69, 9.17) is 0 Å². The molecule has 8 rings (SSSR count). The SMILES string of the molecule is CCN(CC)c1ccc(C(=O)c2ccc(N(CC)CC)cc2C)cc1.CCNc1cccc2ccccc12.CC[NH+]=C1C=CC(=C(c2ccc(N(CC)CC)cc2)c2ccc(N(CC)CC)cc2C)c2ccccc21.[Cl-]. The lowest BCUT2D eigenvalue weighted by Gasteiger charge is -2.25. The van der Waals surface area contributed by atoms with Gasteiger partial charge in [0.1, 0.15) is 6.54 Å². The van der Waals surface area contributed by atoms with E-state index in [-0.39, 0.29) is 18.2 Å². The van der Waals surface area contributed by atoms with E-state index >= 15 is 0 Å². The number of hydrogen-bond acceptors (Lipinski definition) is 6. The van der Waals surface area contributed by atoms with Crippen molar-refractivity contribution < 1.29 is 22.2 Å². The van der Waals surface area contributed by atoms with Gasteiger partial charge in [0, 0.05) is 110 Å². The molecular weight excluding hydrogens is 952 g/mol. The van der Waals surface area contributed by atoms with Crippen molar-refractivity contribution in [3.8, 4) is 0 Å². The average molecular weight is 1040 g/mol. The Labute approximate surface area is 463 Å². The van der Waals surface area contributed by atoms with Crippen LogP contribution >= 0.6 is 0 Å². The van der Waals surface area contributed by atoms with E-state index in [9.17, 15) is 4.79 Å². The van der Waals surface area contributed by atoms with E-state index in [0.29, 0.717) is 0 Å². The molecule has 7 aromatic carbocycles. The number of anilines is 5. The summed E-state index contributed by atoms with van der Waals surface area (Å²) in [7, 11) is 0. The van der Waals surface area contributed by atoms with Crippen LogP contribution in [0.3, 0.4) is 0 Å². The number of halogens is 1. The predicted molar refractivity (Wildman–Crippen MR) is 328 cm³/mol. The zero-order valence-corrected chi connectivity index (χ0v) is 48.5. The number of allylic oxidation sites excluding steroid dienone is 3. The van der Waals surface area contributed by atoms with Gasteiger partial charge in [-0.3, -0.25) is 4.79 Å². The van der Waals surface area contributed by atoms with Gasteiger partial charge in [0.25, 0.3) is 0 Å². The van der Waals surface area contributed by atoms with Crippen molar-refractivity contribution in [1.82, 2.24) is 0 Å². The molecule has 2 N–H and O–H groups in total. The lowest BCUT2D eigenvalue weighted by atomic mass is 9.82. The molecular formula is C68H85ClN6O. The summed E-state index contributed by atoms with van der Waals surface area (Å²) in [5.74, 6) is 0.0923. The topological polar surface area (TPSA) is 56.0 Å². The molecule has 8 heteroatoms. The van der Waals surface area contributed by atoms with Gasteiger partial charge in [-0.1, -0.05) is 72.8 Å². The van der Waals surface area contributed by atoms with Crippen LogP contribution < -0.4 is 42.3 Å². The minimum Gasteiger partial charge on any atom is -1.00 e. The Balaban J connectivity index is 0.000000234. The highest BCUT2D eigenvalue weighted by Crippen LogP contribution is 2.39. The summed E-state index contributed by atoms with van der Waals surface area (Å²) in [6.07, 6.45) is 4.54. The first-order chi connectivity index (χ1) is 36.5. The molecule has 400 valence electrons. The van der Waals surface area contributed by atoms with E-state index in [1.54, 1.807) is 0 Å². The molecule has 0 aromatic heterocycles. The molecule has 0 aliphatic heterocycles. The molecule has 0 atom stereocenters. The molecule has 7 nitrogen and oxygen atoms in total. The zero-order chi connectivity index (χ0) is 53.9. The smallest absolute Gasteiger partial charge is 0.206 e. The summed E-state index contributed by atoms with van der Waals surface area (Å²) in [6.45, 7) is 35.8. The summed E-state index contributed by atoms with van der Waals surface area (Å²) in [6, 6.07) is 53.7. The highest BCUT2D eigenvalue weighted by Gasteiger charge is 2.24. The highest BCUT2D eigenvalue weighted by atomic mass is 35.5. The Bertz CT molecular complexity index is 3020. The predicted octanol–water partition coefficient (Wildman–Crippen LogP) is 11.3. The number of benzene rings is 7. The number of ketones is 1. The van der Waals surface area contributed by atoms with Crippen LogP contribution in [0.25, 0.3) is 21.9 Å². The minimum atomic E-state index is 0. The van der Waals surface area contributed by atoms with Crippen LogP contribution in [0.4, 0.5) is 28.4 Å². The van der Waals surface area contributed by atoms with Crippen LogP contribution in [0, 0.1) is 13.8 Å². The molecule has 0 bridgehead atoms. The van der Waals surface area contributed by atoms with Crippen LogP contribution in [-0.4, -0.2) is 76.9 Å². The molecule has 1 aliphatic carbocycles. The number of rotatable bonds is 19. The maximum Gasteiger partial charge on any atom is 0.206 e. The van der Waals surface area contributed by atoms with Gasteiger partial charge in [0.15, 0.2) is 5.78 Å². The average Bonchev–Trinajstić information content (AvgIpc) is 3.44. The lowest BCUT2D eigenvalue weighted by molar-refractivity contribution is -0.450. The number of nitrogens with zero attached hydrogens (tertiary/aromatic N) is 4. The van der Waals surface area contributed by atoms with Crippen LogP contribution in [0.2, 0.25) is 0 Å². The Kier molecular flexibility index (Phi) is 23.5. The van der Waals surface area contributed by atoms with E-state index in [0.717, 1.165) is 87.8 Å². The van der Waals surface area contributed by atoms with Crippen molar-refractivity contribution in [2.45, 2.75) is 83.1 Å². The molecule has 0 heterocycles. The number of aryl methyl sites for hydroxylation is 2.